The molecule has 2 N–H and O–H groups in total. The number of halogens is 1. The highest BCUT2D eigenvalue weighted by molar-refractivity contribution is 5.26. The summed E-state index contributed by atoms with van der Waals surface area (Å²) in [5.74, 6) is 0.565. The largest absolute Gasteiger partial charge is 0.329 e. The van der Waals surface area contributed by atoms with Crippen LogP contribution in [0.2, 0.25) is 0 Å². The van der Waals surface area contributed by atoms with Crippen LogP contribution in [-0.2, 0) is 0 Å². The van der Waals surface area contributed by atoms with Gasteiger partial charge in [-0.15, -0.1) is 0 Å². The van der Waals surface area contributed by atoms with Crippen molar-refractivity contribution in [3.05, 3.63) is 35.1 Å². The smallest absolute Gasteiger partial charge is 0.126 e. The lowest BCUT2D eigenvalue weighted by Gasteiger charge is -2.31. The van der Waals surface area contributed by atoms with Crippen LogP contribution in [0.4, 0.5) is 4.39 Å². The highest BCUT2D eigenvalue weighted by atomic mass is 19.1. The summed E-state index contributed by atoms with van der Waals surface area (Å²) < 4.78 is 13.7. The highest BCUT2D eigenvalue weighted by Gasteiger charge is 2.31. The van der Waals surface area contributed by atoms with Crippen molar-refractivity contribution >= 4 is 0 Å². The van der Waals surface area contributed by atoms with Crippen LogP contribution in [0.25, 0.3) is 0 Å². The molecule has 0 amide bonds. The fourth-order valence-electron chi connectivity index (χ4n) is 3.05. The monoisotopic (exact) mass is 250 g/mol. The normalized spacial score (nSPS) is 26.5. The van der Waals surface area contributed by atoms with E-state index in [0.717, 1.165) is 12.1 Å². The zero-order valence-corrected chi connectivity index (χ0v) is 11.5. The van der Waals surface area contributed by atoms with E-state index in [1.807, 2.05) is 12.1 Å². The van der Waals surface area contributed by atoms with Gasteiger partial charge in [0, 0.05) is 25.2 Å². The number of likely N-dealkylation sites (tertiary alicyclic amines) is 1. The second-order valence-corrected chi connectivity index (χ2v) is 5.65. The van der Waals surface area contributed by atoms with Crippen LogP contribution in [0.5, 0.6) is 0 Å². The van der Waals surface area contributed by atoms with E-state index in [4.69, 9.17) is 5.73 Å². The van der Waals surface area contributed by atoms with E-state index in [1.54, 1.807) is 13.0 Å². The van der Waals surface area contributed by atoms with Crippen molar-refractivity contribution in [2.75, 3.05) is 13.1 Å². The lowest BCUT2D eigenvalue weighted by Crippen LogP contribution is -2.36. The van der Waals surface area contributed by atoms with Crippen molar-refractivity contribution in [3.8, 4) is 0 Å². The Bertz CT molecular complexity index is 419. The van der Waals surface area contributed by atoms with Gasteiger partial charge >= 0.3 is 0 Å². The molecule has 0 spiro atoms. The number of hydrogen-bond donors (Lipinski definition) is 1. The average Bonchev–Trinajstić information content (AvgIpc) is 2.64. The third-order valence-electron chi connectivity index (χ3n) is 4.04. The van der Waals surface area contributed by atoms with Gasteiger partial charge < -0.3 is 5.73 Å². The maximum atomic E-state index is 13.7. The molecule has 1 aliphatic rings. The van der Waals surface area contributed by atoms with Crippen molar-refractivity contribution in [2.45, 2.75) is 39.3 Å². The lowest BCUT2D eigenvalue weighted by molar-refractivity contribution is 0.192. The molecule has 18 heavy (non-hydrogen) atoms. The summed E-state index contributed by atoms with van der Waals surface area (Å²) in [6.45, 7) is 7.88. The first-order valence-corrected chi connectivity index (χ1v) is 6.74. The summed E-state index contributed by atoms with van der Waals surface area (Å²) >= 11 is 0. The zero-order valence-electron chi connectivity index (χ0n) is 11.5. The maximum Gasteiger partial charge on any atom is 0.126 e. The molecule has 0 bridgehead atoms. The minimum atomic E-state index is -0.133. The first-order valence-electron chi connectivity index (χ1n) is 6.74. The summed E-state index contributed by atoms with van der Waals surface area (Å²) in [6.07, 6.45) is 1.20. The SMILES string of the molecule is Cc1ccc(C(CN)N2CC(C)CC2C)cc1F. The van der Waals surface area contributed by atoms with E-state index in [-0.39, 0.29) is 11.9 Å². The number of nitrogens with two attached hydrogens (primary N) is 1. The molecule has 1 fully saturated rings. The molecule has 3 atom stereocenters. The fourth-order valence-corrected chi connectivity index (χ4v) is 3.05. The molecule has 1 saturated heterocycles. The van der Waals surface area contributed by atoms with Crippen LogP contribution < -0.4 is 5.73 Å². The molecule has 1 aromatic carbocycles. The first-order chi connectivity index (χ1) is 8.52. The molecule has 0 aliphatic carbocycles. The lowest BCUT2D eigenvalue weighted by atomic mass is 10.0. The predicted molar refractivity (Wildman–Crippen MR) is 72.9 cm³/mol. The molecule has 1 heterocycles. The number of rotatable bonds is 3. The van der Waals surface area contributed by atoms with Gasteiger partial charge in [-0.3, -0.25) is 4.90 Å². The molecule has 3 unspecified atom stereocenters. The van der Waals surface area contributed by atoms with E-state index in [0.29, 0.717) is 24.1 Å². The van der Waals surface area contributed by atoms with Crippen molar-refractivity contribution in [3.63, 3.8) is 0 Å². The molecule has 0 aromatic heterocycles. The second-order valence-electron chi connectivity index (χ2n) is 5.65. The Hall–Kier alpha value is -0.930. The van der Waals surface area contributed by atoms with Crippen molar-refractivity contribution in [1.29, 1.82) is 0 Å². The molecule has 1 aliphatic heterocycles. The van der Waals surface area contributed by atoms with E-state index >= 15 is 0 Å². The standard InChI is InChI=1S/C15H23FN2/c1-10-6-12(3)18(9-10)15(8-17)13-5-4-11(2)14(16)7-13/h4-5,7,10,12,15H,6,8-9,17H2,1-3H3. The van der Waals surface area contributed by atoms with Crippen molar-refractivity contribution in [1.82, 2.24) is 4.90 Å². The number of benzene rings is 1. The van der Waals surface area contributed by atoms with Gasteiger partial charge in [0.15, 0.2) is 0 Å². The Morgan fingerprint density at radius 2 is 2.17 bits per heavy atom. The summed E-state index contributed by atoms with van der Waals surface area (Å²) in [5.41, 5.74) is 7.61. The number of nitrogens with zero attached hydrogens (tertiary/aromatic N) is 1. The Kier molecular flexibility index (Phi) is 4.03. The van der Waals surface area contributed by atoms with Gasteiger partial charge in [-0.05, 0) is 43.4 Å². The van der Waals surface area contributed by atoms with E-state index in [9.17, 15) is 4.39 Å². The van der Waals surface area contributed by atoms with Crippen LogP contribution in [0.3, 0.4) is 0 Å². The summed E-state index contributed by atoms with van der Waals surface area (Å²) in [4.78, 5) is 2.41. The molecule has 3 heteroatoms. The van der Waals surface area contributed by atoms with Crippen LogP contribution >= 0.6 is 0 Å². The average molecular weight is 250 g/mol. The molecule has 0 saturated carbocycles. The van der Waals surface area contributed by atoms with Gasteiger partial charge in [-0.25, -0.2) is 4.39 Å². The quantitative estimate of drug-likeness (QED) is 0.893. The van der Waals surface area contributed by atoms with Gasteiger partial charge in [0.25, 0.3) is 0 Å². The molecule has 1 aromatic rings. The van der Waals surface area contributed by atoms with Crippen LogP contribution in [0.15, 0.2) is 18.2 Å². The number of aryl methyl sites for hydroxylation is 1. The van der Waals surface area contributed by atoms with E-state index < -0.39 is 0 Å². The van der Waals surface area contributed by atoms with Gasteiger partial charge in [0.2, 0.25) is 0 Å². The molecule has 2 nitrogen and oxygen atoms in total. The third kappa shape index (κ3) is 2.57. The van der Waals surface area contributed by atoms with Gasteiger partial charge in [0.05, 0.1) is 0 Å². The third-order valence-corrected chi connectivity index (χ3v) is 4.04. The Balaban J connectivity index is 2.25. The van der Waals surface area contributed by atoms with Gasteiger partial charge in [-0.2, -0.15) is 0 Å². The molecular weight excluding hydrogens is 227 g/mol. The number of hydrogen-bond acceptors (Lipinski definition) is 2. The predicted octanol–water partition coefficient (Wildman–Crippen LogP) is 2.86. The minimum absolute atomic E-state index is 0.133. The van der Waals surface area contributed by atoms with Crippen molar-refractivity contribution < 1.29 is 4.39 Å². The summed E-state index contributed by atoms with van der Waals surface area (Å²) in [6, 6.07) is 6.16. The topological polar surface area (TPSA) is 29.3 Å². The van der Waals surface area contributed by atoms with Gasteiger partial charge in [-0.1, -0.05) is 19.1 Å². The fraction of sp³-hybridized carbons (Fsp3) is 0.600. The van der Waals surface area contributed by atoms with Crippen LogP contribution in [0, 0.1) is 18.7 Å². The van der Waals surface area contributed by atoms with Gasteiger partial charge in [0.1, 0.15) is 5.82 Å². The second kappa shape index (κ2) is 5.37. The van der Waals surface area contributed by atoms with Crippen LogP contribution in [-0.4, -0.2) is 24.0 Å². The maximum absolute atomic E-state index is 13.7. The van der Waals surface area contributed by atoms with Crippen molar-refractivity contribution in [2.24, 2.45) is 11.7 Å². The van der Waals surface area contributed by atoms with E-state index in [2.05, 4.69) is 18.7 Å². The highest BCUT2D eigenvalue weighted by Crippen LogP contribution is 2.31. The summed E-state index contributed by atoms with van der Waals surface area (Å²) in [7, 11) is 0. The molecular formula is C15H23FN2. The Morgan fingerprint density at radius 3 is 2.67 bits per heavy atom. The molecule has 100 valence electrons. The minimum Gasteiger partial charge on any atom is -0.329 e. The molecule has 0 radical (unpaired) electrons. The Labute approximate surface area is 109 Å². The summed E-state index contributed by atoms with van der Waals surface area (Å²) in [5, 5.41) is 0. The first kappa shape index (κ1) is 13.5. The van der Waals surface area contributed by atoms with Crippen LogP contribution in [0.1, 0.15) is 37.4 Å². The molecule has 2 rings (SSSR count). The zero-order chi connectivity index (χ0) is 13.3. The Morgan fingerprint density at radius 1 is 1.44 bits per heavy atom. The van der Waals surface area contributed by atoms with E-state index in [1.165, 1.54) is 6.42 Å².